The van der Waals surface area contributed by atoms with E-state index in [9.17, 15) is 9.59 Å². The second kappa shape index (κ2) is 14.2. The van der Waals surface area contributed by atoms with Crippen LogP contribution in [0, 0.1) is 0 Å². The molecule has 0 unspecified atom stereocenters. The van der Waals surface area contributed by atoms with Gasteiger partial charge >= 0.3 is 0 Å². The van der Waals surface area contributed by atoms with E-state index in [4.69, 9.17) is 9.47 Å². The lowest BCUT2D eigenvalue weighted by molar-refractivity contribution is -0.141. The van der Waals surface area contributed by atoms with Crippen molar-refractivity contribution in [2.75, 3.05) is 46.6 Å². The number of rotatable bonds is 15. The molecule has 160 valence electrons. The summed E-state index contributed by atoms with van der Waals surface area (Å²) in [5.74, 6) is -0.0169. The third kappa shape index (κ3) is 8.89. The molecular formula is C21H37N3O4. The average Bonchev–Trinajstić information content (AvgIpc) is 3.09. The number of carbonyl (C=O) groups is 2. The molecule has 0 N–H and O–H groups in total. The van der Waals surface area contributed by atoms with Crippen molar-refractivity contribution < 1.29 is 19.1 Å². The van der Waals surface area contributed by atoms with Gasteiger partial charge in [0.25, 0.3) is 0 Å². The minimum atomic E-state index is -0.0560. The smallest absolute Gasteiger partial charge is 0.242 e. The molecule has 1 aromatic rings. The fourth-order valence-electron chi connectivity index (χ4n) is 2.89. The first-order valence-electron chi connectivity index (χ1n) is 10.3. The summed E-state index contributed by atoms with van der Waals surface area (Å²) >= 11 is 0. The van der Waals surface area contributed by atoms with Crippen LogP contribution in [-0.2, 0) is 32.7 Å². The molecule has 0 aliphatic rings. The molecule has 7 heteroatoms. The van der Waals surface area contributed by atoms with Crippen LogP contribution < -0.4 is 0 Å². The van der Waals surface area contributed by atoms with Gasteiger partial charge in [-0.1, -0.05) is 13.3 Å². The Bertz CT molecular complexity index is 574. The summed E-state index contributed by atoms with van der Waals surface area (Å²) < 4.78 is 12.6. The Balaban J connectivity index is 2.76. The molecule has 7 nitrogen and oxygen atoms in total. The van der Waals surface area contributed by atoms with E-state index in [1.807, 2.05) is 36.9 Å². The van der Waals surface area contributed by atoms with E-state index >= 15 is 0 Å². The molecule has 0 bridgehead atoms. The number of methoxy groups -OCH3 is 1. The Morgan fingerprint density at radius 2 is 1.86 bits per heavy atom. The zero-order chi connectivity index (χ0) is 20.8. The lowest BCUT2D eigenvalue weighted by Crippen LogP contribution is -2.44. The van der Waals surface area contributed by atoms with Gasteiger partial charge in [-0.2, -0.15) is 0 Å². The number of ether oxygens (including phenoxy) is 2. The molecule has 1 heterocycles. The molecule has 0 atom stereocenters. The van der Waals surface area contributed by atoms with Crippen LogP contribution in [0.15, 0.2) is 18.3 Å². The van der Waals surface area contributed by atoms with Crippen molar-refractivity contribution in [1.82, 2.24) is 14.4 Å². The quantitative estimate of drug-likeness (QED) is 0.428. The van der Waals surface area contributed by atoms with Crippen molar-refractivity contribution >= 4 is 11.8 Å². The Morgan fingerprint density at radius 3 is 2.46 bits per heavy atom. The van der Waals surface area contributed by atoms with Gasteiger partial charge in [-0.05, 0) is 31.9 Å². The molecule has 0 saturated carbocycles. The van der Waals surface area contributed by atoms with Crippen molar-refractivity contribution in [3.63, 3.8) is 0 Å². The Morgan fingerprint density at radius 1 is 1.07 bits per heavy atom. The number of hydrogen-bond acceptors (Lipinski definition) is 4. The minimum Gasteiger partial charge on any atom is -0.383 e. The number of unbranched alkanes of at least 4 members (excludes halogenated alkanes) is 1. The van der Waals surface area contributed by atoms with Crippen LogP contribution in [-0.4, -0.2) is 72.7 Å². The fraction of sp³-hybridized carbons (Fsp3) is 0.714. The SMILES string of the molecule is CCCCC(=O)N(CCCOCC)CC(=O)N(CCOC)Cc1cccn1C. The summed E-state index contributed by atoms with van der Waals surface area (Å²) in [4.78, 5) is 29.0. The third-order valence-corrected chi connectivity index (χ3v) is 4.67. The van der Waals surface area contributed by atoms with Crippen LogP contribution >= 0.6 is 0 Å². The van der Waals surface area contributed by atoms with Crippen molar-refractivity contribution in [2.24, 2.45) is 7.05 Å². The molecule has 0 aromatic carbocycles. The van der Waals surface area contributed by atoms with E-state index in [-0.39, 0.29) is 18.4 Å². The second-order valence-electron chi connectivity index (χ2n) is 6.89. The van der Waals surface area contributed by atoms with E-state index in [1.54, 1.807) is 16.9 Å². The predicted molar refractivity (Wildman–Crippen MR) is 110 cm³/mol. The zero-order valence-corrected chi connectivity index (χ0v) is 18.0. The van der Waals surface area contributed by atoms with Crippen LogP contribution in [0.1, 0.15) is 45.2 Å². The number of aryl methyl sites for hydroxylation is 1. The highest BCUT2D eigenvalue weighted by molar-refractivity contribution is 5.84. The summed E-state index contributed by atoms with van der Waals surface area (Å²) in [6.45, 7) is 7.36. The van der Waals surface area contributed by atoms with Gasteiger partial charge in [0.15, 0.2) is 0 Å². The molecular weight excluding hydrogens is 358 g/mol. The molecule has 0 fully saturated rings. The first-order chi connectivity index (χ1) is 13.5. The molecule has 1 rings (SSSR count). The van der Waals surface area contributed by atoms with Crippen LogP contribution in [0.3, 0.4) is 0 Å². The lowest BCUT2D eigenvalue weighted by atomic mass is 10.2. The van der Waals surface area contributed by atoms with E-state index in [0.29, 0.717) is 45.9 Å². The number of amides is 2. The van der Waals surface area contributed by atoms with Gasteiger partial charge in [0.1, 0.15) is 0 Å². The van der Waals surface area contributed by atoms with Crippen LogP contribution in [0.5, 0.6) is 0 Å². The molecule has 28 heavy (non-hydrogen) atoms. The molecule has 1 aromatic heterocycles. The minimum absolute atomic E-state index is 0.0391. The van der Waals surface area contributed by atoms with E-state index in [2.05, 4.69) is 6.92 Å². The summed E-state index contributed by atoms with van der Waals surface area (Å²) in [5.41, 5.74) is 1.05. The van der Waals surface area contributed by atoms with Crippen molar-refractivity contribution in [1.29, 1.82) is 0 Å². The molecule has 2 amide bonds. The largest absolute Gasteiger partial charge is 0.383 e. The highest BCUT2D eigenvalue weighted by Crippen LogP contribution is 2.08. The maximum atomic E-state index is 13.0. The third-order valence-electron chi connectivity index (χ3n) is 4.67. The summed E-state index contributed by atoms with van der Waals surface area (Å²) in [6.07, 6.45) is 4.97. The normalized spacial score (nSPS) is 10.9. The Hall–Kier alpha value is -1.86. The molecule has 0 saturated heterocycles. The lowest BCUT2D eigenvalue weighted by Gasteiger charge is -2.28. The first-order valence-corrected chi connectivity index (χ1v) is 10.3. The average molecular weight is 396 g/mol. The highest BCUT2D eigenvalue weighted by Gasteiger charge is 2.21. The summed E-state index contributed by atoms with van der Waals surface area (Å²) in [5, 5.41) is 0. The second-order valence-corrected chi connectivity index (χ2v) is 6.89. The Kier molecular flexibility index (Phi) is 12.2. The zero-order valence-electron chi connectivity index (χ0n) is 18.0. The van der Waals surface area contributed by atoms with Gasteiger partial charge in [-0.25, -0.2) is 0 Å². The van der Waals surface area contributed by atoms with E-state index < -0.39 is 0 Å². The maximum Gasteiger partial charge on any atom is 0.242 e. The summed E-state index contributed by atoms with van der Waals surface area (Å²) in [6, 6.07) is 3.96. The number of aromatic nitrogens is 1. The molecule has 0 spiro atoms. The van der Waals surface area contributed by atoms with Crippen LogP contribution in [0.4, 0.5) is 0 Å². The number of carbonyl (C=O) groups excluding carboxylic acids is 2. The Labute approximate surface area is 169 Å². The monoisotopic (exact) mass is 395 g/mol. The molecule has 0 aliphatic heterocycles. The number of hydrogen-bond donors (Lipinski definition) is 0. The summed E-state index contributed by atoms with van der Waals surface area (Å²) in [7, 11) is 3.59. The molecule has 0 radical (unpaired) electrons. The van der Waals surface area contributed by atoms with Crippen molar-refractivity contribution in [3.05, 3.63) is 24.0 Å². The van der Waals surface area contributed by atoms with Gasteiger partial charge in [-0.3, -0.25) is 9.59 Å². The van der Waals surface area contributed by atoms with Gasteiger partial charge in [-0.15, -0.1) is 0 Å². The topological polar surface area (TPSA) is 64.0 Å². The fourth-order valence-corrected chi connectivity index (χ4v) is 2.89. The number of nitrogens with zero attached hydrogens (tertiary/aromatic N) is 3. The van der Waals surface area contributed by atoms with Crippen LogP contribution in [0.2, 0.25) is 0 Å². The van der Waals surface area contributed by atoms with E-state index in [1.165, 1.54) is 0 Å². The highest BCUT2D eigenvalue weighted by atomic mass is 16.5. The van der Waals surface area contributed by atoms with E-state index in [0.717, 1.165) is 25.0 Å². The molecule has 0 aliphatic carbocycles. The van der Waals surface area contributed by atoms with Gasteiger partial charge in [0, 0.05) is 58.8 Å². The van der Waals surface area contributed by atoms with Crippen LogP contribution in [0.25, 0.3) is 0 Å². The van der Waals surface area contributed by atoms with Gasteiger partial charge < -0.3 is 23.8 Å². The predicted octanol–water partition coefficient (Wildman–Crippen LogP) is 2.45. The van der Waals surface area contributed by atoms with Gasteiger partial charge in [0.2, 0.25) is 11.8 Å². The van der Waals surface area contributed by atoms with Crippen molar-refractivity contribution in [3.8, 4) is 0 Å². The standard InChI is InChI=1S/C21H37N3O4/c1-5-7-11-20(25)23(13-9-15-28-6-2)18-21(26)24(14-16-27-4)17-19-10-8-12-22(19)3/h8,10,12H,5-7,9,11,13-18H2,1-4H3. The van der Waals surface area contributed by atoms with Gasteiger partial charge in [0.05, 0.1) is 19.7 Å². The van der Waals surface area contributed by atoms with Crippen molar-refractivity contribution in [2.45, 2.75) is 46.1 Å². The maximum absolute atomic E-state index is 13.0. The first kappa shape index (κ1) is 24.2.